The van der Waals surface area contributed by atoms with E-state index in [0.717, 1.165) is 44.1 Å². The van der Waals surface area contributed by atoms with Gasteiger partial charge in [-0.3, -0.25) is 4.79 Å². The standard InChI is InChI=1S/C19H27NO2/c1-19(12-6-5-9-16(19)21)13-20-18(22)17(15-10-11-15)14-7-3-2-4-8-14/h2-4,7-8,15-17,21H,5-6,9-13H2,1H3,(H,20,22). The summed E-state index contributed by atoms with van der Waals surface area (Å²) in [4.78, 5) is 12.7. The van der Waals surface area contributed by atoms with Crippen molar-refractivity contribution >= 4 is 5.91 Å². The van der Waals surface area contributed by atoms with Crippen LogP contribution in [0.4, 0.5) is 0 Å². The van der Waals surface area contributed by atoms with Crippen LogP contribution in [0.2, 0.25) is 0 Å². The molecule has 0 aliphatic heterocycles. The van der Waals surface area contributed by atoms with Crippen LogP contribution in [0, 0.1) is 11.3 Å². The molecular weight excluding hydrogens is 274 g/mol. The number of amides is 1. The van der Waals surface area contributed by atoms with Crippen molar-refractivity contribution in [2.75, 3.05) is 6.54 Å². The molecule has 0 spiro atoms. The minimum atomic E-state index is -0.294. The number of benzene rings is 1. The minimum Gasteiger partial charge on any atom is -0.392 e. The van der Waals surface area contributed by atoms with E-state index >= 15 is 0 Å². The van der Waals surface area contributed by atoms with Crippen molar-refractivity contribution in [3.05, 3.63) is 35.9 Å². The first-order valence-corrected chi connectivity index (χ1v) is 8.61. The van der Waals surface area contributed by atoms with Gasteiger partial charge in [-0.2, -0.15) is 0 Å². The SMILES string of the molecule is CC1(CNC(=O)C(c2ccccc2)C2CC2)CCCCC1O. The van der Waals surface area contributed by atoms with E-state index in [-0.39, 0.29) is 23.3 Å². The van der Waals surface area contributed by atoms with Crippen LogP contribution in [0.3, 0.4) is 0 Å². The van der Waals surface area contributed by atoms with Crippen molar-refractivity contribution in [2.45, 2.75) is 57.5 Å². The van der Waals surface area contributed by atoms with Crippen LogP contribution < -0.4 is 5.32 Å². The maximum Gasteiger partial charge on any atom is 0.227 e. The van der Waals surface area contributed by atoms with Crippen LogP contribution in [-0.4, -0.2) is 23.7 Å². The second-order valence-electron chi connectivity index (χ2n) is 7.36. The van der Waals surface area contributed by atoms with Gasteiger partial charge < -0.3 is 10.4 Å². The third-order valence-electron chi connectivity index (χ3n) is 5.48. The maximum absolute atomic E-state index is 12.7. The van der Waals surface area contributed by atoms with Crippen molar-refractivity contribution in [3.63, 3.8) is 0 Å². The number of carbonyl (C=O) groups is 1. The molecule has 3 unspecified atom stereocenters. The highest BCUT2D eigenvalue weighted by atomic mass is 16.3. The van der Waals surface area contributed by atoms with Crippen LogP contribution in [0.15, 0.2) is 30.3 Å². The van der Waals surface area contributed by atoms with E-state index in [1.807, 2.05) is 18.2 Å². The molecule has 1 amide bonds. The van der Waals surface area contributed by atoms with Crippen LogP contribution in [-0.2, 0) is 4.79 Å². The summed E-state index contributed by atoms with van der Waals surface area (Å²) in [7, 11) is 0. The lowest BCUT2D eigenvalue weighted by Crippen LogP contribution is -2.46. The molecule has 2 aliphatic rings. The van der Waals surface area contributed by atoms with E-state index in [9.17, 15) is 9.90 Å². The normalized spacial score (nSPS) is 29.8. The van der Waals surface area contributed by atoms with E-state index in [1.54, 1.807) is 0 Å². The van der Waals surface area contributed by atoms with Gasteiger partial charge in [0.2, 0.25) is 5.91 Å². The van der Waals surface area contributed by atoms with Gasteiger partial charge in [0.05, 0.1) is 12.0 Å². The molecule has 0 saturated heterocycles. The summed E-state index contributed by atoms with van der Waals surface area (Å²) in [5, 5.41) is 13.4. The number of nitrogens with one attached hydrogen (secondary N) is 1. The predicted molar refractivity (Wildman–Crippen MR) is 87.5 cm³/mol. The molecule has 3 rings (SSSR count). The fraction of sp³-hybridized carbons (Fsp3) is 0.632. The van der Waals surface area contributed by atoms with Gasteiger partial charge in [-0.25, -0.2) is 0 Å². The molecular formula is C19H27NO2. The number of carbonyl (C=O) groups excluding carboxylic acids is 1. The summed E-state index contributed by atoms with van der Waals surface area (Å²) < 4.78 is 0. The number of hydrogen-bond donors (Lipinski definition) is 2. The second-order valence-corrected chi connectivity index (χ2v) is 7.36. The van der Waals surface area contributed by atoms with Crippen molar-refractivity contribution < 1.29 is 9.90 Å². The Labute approximate surface area is 133 Å². The zero-order valence-corrected chi connectivity index (χ0v) is 13.4. The summed E-state index contributed by atoms with van der Waals surface area (Å²) in [5.41, 5.74) is 0.954. The summed E-state index contributed by atoms with van der Waals surface area (Å²) in [6.45, 7) is 2.69. The highest BCUT2D eigenvalue weighted by Crippen LogP contribution is 2.43. The molecule has 3 atom stereocenters. The number of hydrogen-bond acceptors (Lipinski definition) is 2. The van der Waals surface area contributed by atoms with Gasteiger partial charge in [-0.15, -0.1) is 0 Å². The topological polar surface area (TPSA) is 49.3 Å². The average molecular weight is 301 g/mol. The van der Waals surface area contributed by atoms with Crippen LogP contribution in [0.5, 0.6) is 0 Å². The first-order chi connectivity index (χ1) is 10.6. The van der Waals surface area contributed by atoms with E-state index in [2.05, 4.69) is 24.4 Å². The Bertz CT molecular complexity index is 511. The van der Waals surface area contributed by atoms with Gasteiger partial charge in [0.15, 0.2) is 0 Å². The molecule has 3 heteroatoms. The van der Waals surface area contributed by atoms with E-state index in [4.69, 9.17) is 0 Å². The molecule has 2 N–H and O–H groups in total. The van der Waals surface area contributed by atoms with E-state index in [0.29, 0.717) is 12.5 Å². The second kappa shape index (κ2) is 6.41. The number of rotatable bonds is 5. The molecule has 2 fully saturated rings. The molecule has 0 aromatic heterocycles. The quantitative estimate of drug-likeness (QED) is 0.877. The lowest BCUT2D eigenvalue weighted by molar-refractivity contribution is -0.124. The molecule has 0 heterocycles. The first-order valence-electron chi connectivity index (χ1n) is 8.61. The predicted octanol–water partition coefficient (Wildman–Crippen LogP) is 3.24. The molecule has 0 radical (unpaired) electrons. The van der Waals surface area contributed by atoms with Gasteiger partial charge in [0, 0.05) is 12.0 Å². The minimum absolute atomic E-state index is 0.0227. The number of aliphatic hydroxyl groups is 1. The van der Waals surface area contributed by atoms with Crippen LogP contribution in [0.1, 0.15) is 56.9 Å². The third-order valence-corrected chi connectivity index (χ3v) is 5.48. The number of aliphatic hydroxyl groups excluding tert-OH is 1. The van der Waals surface area contributed by atoms with Gasteiger partial charge in [0.25, 0.3) is 0 Å². The lowest BCUT2D eigenvalue weighted by Gasteiger charge is -2.38. The molecule has 120 valence electrons. The Balaban J connectivity index is 1.65. The zero-order valence-electron chi connectivity index (χ0n) is 13.4. The highest BCUT2D eigenvalue weighted by molar-refractivity contribution is 5.84. The van der Waals surface area contributed by atoms with Crippen molar-refractivity contribution in [2.24, 2.45) is 11.3 Å². The summed E-state index contributed by atoms with van der Waals surface area (Å²) >= 11 is 0. The average Bonchev–Trinajstić information content (AvgIpc) is 3.35. The Morgan fingerprint density at radius 1 is 1.27 bits per heavy atom. The summed E-state index contributed by atoms with van der Waals surface area (Å²) in [6, 6.07) is 10.1. The Morgan fingerprint density at radius 3 is 2.64 bits per heavy atom. The van der Waals surface area contributed by atoms with Crippen molar-refractivity contribution in [1.29, 1.82) is 0 Å². The van der Waals surface area contributed by atoms with Crippen molar-refractivity contribution in [1.82, 2.24) is 5.32 Å². The van der Waals surface area contributed by atoms with E-state index < -0.39 is 0 Å². The largest absolute Gasteiger partial charge is 0.392 e. The third kappa shape index (κ3) is 3.35. The Morgan fingerprint density at radius 2 is 2.00 bits per heavy atom. The molecule has 2 saturated carbocycles. The Hall–Kier alpha value is -1.35. The molecule has 22 heavy (non-hydrogen) atoms. The molecule has 2 aliphatic carbocycles. The van der Waals surface area contributed by atoms with Gasteiger partial charge in [0.1, 0.15) is 0 Å². The van der Waals surface area contributed by atoms with Crippen LogP contribution in [0.25, 0.3) is 0 Å². The highest BCUT2D eigenvalue weighted by Gasteiger charge is 2.39. The maximum atomic E-state index is 12.7. The lowest BCUT2D eigenvalue weighted by atomic mass is 9.73. The summed E-state index contributed by atoms with van der Waals surface area (Å²) in [5.74, 6) is 0.602. The van der Waals surface area contributed by atoms with Crippen LogP contribution >= 0.6 is 0 Å². The molecule has 0 bridgehead atoms. The van der Waals surface area contributed by atoms with Gasteiger partial charge in [-0.1, -0.05) is 50.1 Å². The molecule has 1 aromatic rings. The van der Waals surface area contributed by atoms with E-state index in [1.165, 1.54) is 0 Å². The Kier molecular flexibility index (Phi) is 4.53. The smallest absolute Gasteiger partial charge is 0.227 e. The zero-order chi connectivity index (χ0) is 15.6. The summed E-state index contributed by atoms with van der Waals surface area (Å²) in [6.07, 6.45) is 6.09. The monoisotopic (exact) mass is 301 g/mol. The van der Waals surface area contributed by atoms with Gasteiger partial charge in [-0.05, 0) is 37.2 Å². The first kappa shape index (κ1) is 15.5. The molecule has 1 aromatic carbocycles. The molecule has 3 nitrogen and oxygen atoms in total. The fourth-order valence-corrected chi connectivity index (χ4v) is 3.71. The van der Waals surface area contributed by atoms with Gasteiger partial charge >= 0.3 is 0 Å². The fourth-order valence-electron chi connectivity index (χ4n) is 3.71. The van der Waals surface area contributed by atoms with Crippen molar-refractivity contribution in [3.8, 4) is 0 Å².